The number of unbranched alkanes of at least 4 members (excludes halogenated alkanes) is 1. The molecule has 0 aromatic rings. The molecule has 0 aromatic heterocycles. The van der Waals surface area contributed by atoms with Gasteiger partial charge in [0.25, 0.3) is 0 Å². The molecule has 0 saturated heterocycles. The van der Waals surface area contributed by atoms with Crippen molar-refractivity contribution in [3.63, 3.8) is 0 Å². The van der Waals surface area contributed by atoms with E-state index in [1.54, 1.807) is 0 Å². The highest BCUT2D eigenvalue weighted by molar-refractivity contribution is 7.33. The van der Waals surface area contributed by atoms with Gasteiger partial charge in [-0.1, -0.05) is 12.8 Å². The van der Waals surface area contributed by atoms with E-state index in [-0.39, 0.29) is 4.84 Å². The Morgan fingerprint density at radius 3 is 2.10 bits per heavy atom. The standard InChI is InChI=1S/C5H10Cl4Si/c6-5(7)3-1-2-4-10(8)9/h5,10H,1-4H2. The molecule has 0 fully saturated rings. The molecule has 0 aliphatic heterocycles. The molecule has 0 aliphatic rings. The topological polar surface area (TPSA) is 0 Å². The van der Waals surface area contributed by atoms with E-state index in [4.69, 9.17) is 45.4 Å². The highest BCUT2D eigenvalue weighted by atomic mass is 35.7. The van der Waals surface area contributed by atoms with Gasteiger partial charge in [-0.25, -0.2) is 0 Å². The largest absolute Gasteiger partial charge is 0.237 e. The van der Waals surface area contributed by atoms with E-state index in [0.717, 1.165) is 25.3 Å². The molecule has 10 heavy (non-hydrogen) atoms. The van der Waals surface area contributed by atoms with Crippen LogP contribution in [0.25, 0.3) is 0 Å². The van der Waals surface area contributed by atoms with Gasteiger partial charge in [-0.15, -0.1) is 23.2 Å². The first-order chi connectivity index (χ1) is 4.63. The lowest BCUT2D eigenvalue weighted by Gasteiger charge is -2.00. The van der Waals surface area contributed by atoms with Crippen molar-refractivity contribution < 1.29 is 0 Å². The third-order valence-electron chi connectivity index (χ3n) is 1.09. The van der Waals surface area contributed by atoms with E-state index < -0.39 is 7.42 Å². The van der Waals surface area contributed by atoms with Gasteiger partial charge in [-0.3, -0.25) is 0 Å². The lowest BCUT2D eigenvalue weighted by molar-refractivity contribution is 0.754. The molecular formula is C5H10Cl4Si. The average molecular weight is 240 g/mol. The molecular weight excluding hydrogens is 230 g/mol. The van der Waals surface area contributed by atoms with Gasteiger partial charge in [0.1, 0.15) is 4.84 Å². The summed E-state index contributed by atoms with van der Waals surface area (Å²) in [5, 5.41) is 0. The first-order valence-electron chi connectivity index (χ1n) is 3.19. The summed E-state index contributed by atoms with van der Waals surface area (Å²) in [6.45, 7) is 0. The molecule has 0 heterocycles. The lowest BCUT2D eigenvalue weighted by atomic mass is 10.3. The van der Waals surface area contributed by atoms with Crippen LogP contribution in [0, 0.1) is 0 Å². The summed E-state index contributed by atoms with van der Waals surface area (Å²) < 4.78 is 0. The Labute approximate surface area is 82.8 Å². The Kier molecular flexibility index (Phi) is 8.02. The van der Waals surface area contributed by atoms with Gasteiger partial charge < -0.3 is 0 Å². The second-order valence-corrected chi connectivity index (χ2v) is 8.53. The Bertz CT molecular complexity index is 66.0. The zero-order valence-corrected chi connectivity index (χ0v) is 9.67. The third-order valence-corrected chi connectivity index (χ3v) is 3.69. The summed E-state index contributed by atoms with van der Waals surface area (Å²) in [5.41, 5.74) is 0. The van der Waals surface area contributed by atoms with Gasteiger partial charge in [-0.2, -0.15) is 22.2 Å². The van der Waals surface area contributed by atoms with Crippen LogP contribution in [-0.2, 0) is 0 Å². The van der Waals surface area contributed by atoms with Crippen LogP contribution in [0.1, 0.15) is 19.3 Å². The second-order valence-electron chi connectivity index (χ2n) is 2.07. The van der Waals surface area contributed by atoms with Gasteiger partial charge in [-0.05, 0) is 12.5 Å². The van der Waals surface area contributed by atoms with Crippen LogP contribution in [0.2, 0.25) is 6.04 Å². The molecule has 0 radical (unpaired) electrons. The van der Waals surface area contributed by atoms with E-state index in [2.05, 4.69) is 0 Å². The summed E-state index contributed by atoms with van der Waals surface area (Å²) in [4.78, 5) is -0.231. The van der Waals surface area contributed by atoms with Crippen molar-refractivity contribution in [2.75, 3.05) is 0 Å². The lowest BCUT2D eigenvalue weighted by Crippen LogP contribution is -1.93. The molecule has 5 heteroatoms. The minimum Gasteiger partial charge on any atom is -0.150 e. The van der Waals surface area contributed by atoms with Gasteiger partial charge in [0.2, 0.25) is 7.42 Å². The molecule has 62 valence electrons. The monoisotopic (exact) mass is 238 g/mol. The first-order valence-corrected chi connectivity index (χ1v) is 8.37. The maximum atomic E-state index is 5.63. The second kappa shape index (κ2) is 7.05. The number of halogens is 4. The van der Waals surface area contributed by atoms with Crippen LogP contribution in [0.4, 0.5) is 0 Å². The van der Waals surface area contributed by atoms with Crippen LogP contribution in [-0.4, -0.2) is 12.3 Å². The zero-order chi connectivity index (χ0) is 7.98. The quantitative estimate of drug-likeness (QED) is 0.297. The molecule has 0 aliphatic carbocycles. The number of hydrogen-bond acceptors (Lipinski definition) is 0. The molecule has 0 atom stereocenters. The minimum absolute atomic E-state index is 0.231. The molecule has 0 aromatic carbocycles. The van der Waals surface area contributed by atoms with E-state index in [0.29, 0.717) is 0 Å². The molecule has 0 rings (SSSR count). The van der Waals surface area contributed by atoms with Crippen LogP contribution in [0.5, 0.6) is 0 Å². The Balaban J connectivity index is 2.91. The van der Waals surface area contributed by atoms with Gasteiger partial charge in [0.05, 0.1) is 0 Å². The maximum Gasteiger partial charge on any atom is 0.237 e. The highest BCUT2D eigenvalue weighted by Crippen LogP contribution is 2.15. The van der Waals surface area contributed by atoms with Crippen molar-refractivity contribution in [3.8, 4) is 0 Å². The molecule has 0 spiro atoms. The third kappa shape index (κ3) is 9.38. The average Bonchev–Trinajstić information content (AvgIpc) is 1.79. The predicted molar refractivity (Wildman–Crippen MR) is 53.0 cm³/mol. The number of hydrogen-bond donors (Lipinski definition) is 0. The SMILES string of the molecule is ClC(Cl)CCCC[SiH](Cl)Cl. The van der Waals surface area contributed by atoms with E-state index in [1.807, 2.05) is 0 Å². The molecule has 0 saturated carbocycles. The van der Waals surface area contributed by atoms with E-state index >= 15 is 0 Å². The molecule has 0 N–H and O–H groups in total. The van der Waals surface area contributed by atoms with Crippen LogP contribution >= 0.6 is 45.4 Å². The van der Waals surface area contributed by atoms with Crippen molar-refractivity contribution in [3.05, 3.63) is 0 Å². The maximum absolute atomic E-state index is 5.63. The fraction of sp³-hybridized carbons (Fsp3) is 1.00. The first kappa shape index (κ1) is 11.4. The smallest absolute Gasteiger partial charge is 0.150 e. The van der Waals surface area contributed by atoms with E-state index in [9.17, 15) is 0 Å². The summed E-state index contributed by atoms with van der Waals surface area (Å²) in [7, 11) is -1.38. The fourth-order valence-corrected chi connectivity index (χ4v) is 2.43. The minimum atomic E-state index is -1.38. The molecule has 0 unspecified atom stereocenters. The van der Waals surface area contributed by atoms with Crippen molar-refractivity contribution in [1.82, 2.24) is 0 Å². The summed E-state index contributed by atoms with van der Waals surface area (Å²) in [6, 6.07) is 0.962. The highest BCUT2D eigenvalue weighted by Gasteiger charge is 2.02. The summed E-state index contributed by atoms with van der Waals surface area (Å²) in [6.07, 6.45) is 2.93. The van der Waals surface area contributed by atoms with Crippen molar-refractivity contribution >= 4 is 52.8 Å². The summed E-state index contributed by atoms with van der Waals surface area (Å²) >= 11 is 22.3. The van der Waals surface area contributed by atoms with Crippen LogP contribution in [0.3, 0.4) is 0 Å². The van der Waals surface area contributed by atoms with Gasteiger partial charge >= 0.3 is 0 Å². The summed E-state index contributed by atoms with van der Waals surface area (Å²) in [5.74, 6) is 0. The Hall–Kier alpha value is 1.38. The van der Waals surface area contributed by atoms with Crippen LogP contribution < -0.4 is 0 Å². The Morgan fingerprint density at radius 1 is 1.10 bits per heavy atom. The predicted octanol–water partition coefficient (Wildman–Crippen LogP) is 3.66. The molecule has 0 amide bonds. The zero-order valence-electron chi connectivity index (χ0n) is 5.49. The van der Waals surface area contributed by atoms with Crippen molar-refractivity contribution in [1.29, 1.82) is 0 Å². The van der Waals surface area contributed by atoms with Crippen LogP contribution in [0.15, 0.2) is 0 Å². The molecule has 0 nitrogen and oxygen atoms in total. The van der Waals surface area contributed by atoms with Gasteiger partial charge in [0.15, 0.2) is 0 Å². The molecule has 0 bridgehead atoms. The van der Waals surface area contributed by atoms with Gasteiger partial charge in [0, 0.05) is 0 Å². The number of alkyl halides is 2. The fourth-order valence-electron chi connectivity index (χ4n) is 0.597. The van der Waals surface area contributed by atoms with Crippen molar-refractivity contribution in [2.24, 2.45) is 0 Å². The normalized spacial score (nSPS) is 11.4. The van der Waals surface area contributed by atoms with E-state index in [1.165, 1.54) is 0 Å². The Morgan fingerprint density at radius 2 is 1.70 bits per heavy atom. The number of rotatable bonds is 5. The van der Waals surface area contributed by atoms with Crippen molar-refractivity contribution in [2.45, 2.75) is 30.1 Å².